The number of carbonyl (C=O) groups is 1. The molecule has 2 atom stereocenters. The van der Waals surface area contributed by atoms with Gasteiger partial charge in [-0.05, 0) is 42.2 Å². The third-order valence-electron chi connectivity index (χ3n) is 4.09. The summed E-state index contributed by atoms with van der Waals surface area (Å²) in [6, 6.07) is 11.6. The van der Waals surface area contributed by atoms with Crippen molar-refractivity contribution < 1.29 is 18.7 Å². The Balaban J connectivity index is 1.70. The maximum Gasteiger partial charge on any atom is 0.228 e. The van der Waals surface area contributed by atoms with E-state index in [0.29, 0.717) is 17.2 Å². The van der Waals surface area contributed by atoms with Crippen LogP contribution in [0.2, 0.25) is 0 Å². The molecule has 0 spiro atoms. The molecule has 1 amide bonds. The number of nitrogens with one attached hydrogen (secondary N) is 1. The van der Waals surface area contributed by atoms with E-state index in [2.05, 4.69) is 5.32 Å². The van der Waals surface area contributed by atoms with Crippen LogP contribution in [-0.2, 0) is 4.79 Å². The molecular weight excluding hydrogens is 297 g/mol. The van der Waals surface area contributed by atoms with Crippen molar-refractivity contribution in [2.45, 2.75) is 12.3 Å². The lowest BCUT2D eigenvalue weighted by Gasteiger charge is -2.11. The Morgan fingerprint density at radius 1 is 1.13 bits per heavy atom. The largest absolute Gasteiger partial charge is 0.497 e. The fraction of sp³-hybridized carbons (Fsp3) is 0.278. The molecule has 0 bridgehead atoms. The van der Waals surface area contributed by atoms with Gasteiger partial charge in [0.2, 0.25) is 5.91 Å². The van der Waals surface area contributed by atoms with Crippen LogP contribution in [0.5, 0.6) is 11.5 Å². The maximum absolute atomic E-state index is 13.0. The van der Waals surface area contributed by atoms with Gasteiger partial charge in [0.15, 0.2) is 0 Å². The van der Waals surface area contributed by atoms with Crippen molar-refractivity contribution in [3.8, 4) is 11.5 Å². The van der Waals surface area contributed by atoms with E-state index in [1.807, 2.05) is 0 Å². The van der Waals surface area contributed by atoms with Gasteiger partial charge < -0.3 is 14.8 Å². The molecule has 5 heteroatoms. The van der Waals surface area contributed by atoms with Crippen LogP contribution in [0.15, 0.2) is 42.5 Å². The molecule has 1 aliphatic rings. The standard InChI is InChI=1S/C18H18FNO3/c1-22-13-7-8-17(23-2)16(9-13)20-18(21)15-10-14(15)11-3-5-12(19)6-4-11/h3-9,14-15H,10H2,1-2H3,(H,20,21). The highest BCUT2D eigenvalue weighted by Gasteiger charge is 2.44. The molecule has 0 aromatic heterocycles. The number of benzene rings is 2. The van der Waals surface area contributed by atoms with Crippen LogP contribution in [0, 0.1) is 11.7 Å². The van der Waals surface area contributed by atoms with E-state index < -0.39 is 0 Å². The first-order valence-corrected chi connectivity index (χ1v) is 7.40. The number of hydrogen-bond donors (Lipinski definition) is 1. The van der Waals surface area contributed by atoms with Gasteiger partial charge in [0.1, 0.15) is 17.3 Å². The minimum atomic E-state index is -0.267. The third-order valence-corrected chi connectivity index (χ3v) is 4.09. The summed E-state index contributed by atoms with van der Waals surface area (Å²) in [5.74, 6) is 0.941. The number of carbonyl (C=O) groups excluding carboxylic acids is 1. The summed E-state index contributed by atoms with van der Waals surface area (Å²) < 4.78 is 23.4. The van der Waals surface area contributed by atoms with Crippen LogP contribution in [0.1, 0.15) is 17.9 Å². The Hall–Kier alpha value is -2.56. The number of amides is 1. The second-order valence-electron chi connectivity index (χ2n) is 5.56. The van der Waals surface area contributed by atoms with Crippen LogP contribution in [0.3, 0.4) is 0 Å². The summed E-state index contributed by atoms with van der Waals surface area (Å²) in [7, 11) is 3.12. The molecule has 1 saturated carbocycles. The third kappa shape index (κ3) is 3.28. The van der Waals surface area contributed by atoms with Gasteiger partial charge in [-0.3, -0.25) is 4.79 Å². The van der Waals surface area contributed by atoms with Gasteiger partial charge in [-0.1, -0.05) is 12.1 Å². The topological polar surface area (TPSA) is 47.6 Å². The summed E-state index contributed by atoms with van der Waals surface area (Å²) in [6.07, 6.45) is 0.768. The van der Waals surface area contributed by atoms with Crippen molar-refractivity contribution in [3.63, 3.8) is 0 Å². The molecule has 1 fully saturated rings. The lowest BCUT2D eigenvalue weighted by Crippen LogP contribution is -2.15. The molecule has 1 aliphatic carbocycles. The number of ether oxygens (including phenoxy) is 2. The van der Waals surface area contributed by atoms with E-state index in [-0.39, 0.29) is 23.6 Å². The van der Waals surface area contributed by atoms with E-state index in [1.54, 1.807) is 44.6 Å². The van der Waals surface area contributed by atoms with E-state index >= 15 is 0 Å². The number of anilines is 1. The highest BCUT2D eigenvalue weighted by atomic mass is 19.1. The van der Waals surface area contributed by atoms with E-state index in [0.717, 1.165) is 12.0 Å². The molecule has 2 aromatic carbocycles. The normalized spacial score (nSPS) is 19.1. The lowest BCUT2D eigenvalue weighted by molar-refractivity contribution is -0.117. The van der Waals surface area contributed by atoms with Gasteiger partial charge in [0.25, 0.3) is 0 Å². The second kappa shape index (κ2) is 6.28. The Kier molecular flexibility index (Phi) is 4.19. The summed E-state index contributed by atoms with van der Waals surface area (Å²) in [5.41, 5.74) is 1.57. The highest BCUT2D eigenvalue weighted by molar-refractivity contribution is 5.96. The van der Waals surface area contributed by atoms with Gasteiger partial charge >= 0.3 is 0 Å². The molecule has 4 nitrogen and oxygen atoms in total. The predicted molar refractivity (Wildman–Crippen MR) is 85.4 cm³/mol. The molecule has 3 rings (SSSR count). The molecule has 0 saturated heterocycles. The van der Waals surface area contributed by atoms with Crippen LogP contribution >= 0.6 is 0 Å². The van der Waals surface area contributed by atoms with Gasteiger partial charge in [-0.2, -0.15) is 0 Å². The molecule has 0 radical (unpaired) electrons. The average Bonchev–Trinajstić information content (AvgIpc) is 3.36. The first-order chi connectivity index (χ1) is 11.1. The van der Waals surface area contributed by atoms with Crippen molar-refractivity contribution in [1.29, 1.82) is 0 Å². The second-order valence-corrected chi connectivity index (χ2v) is 5.56. The number of halogens is 1. The summed E-state index contributed by atoms with van der Waals surface area (Å²) in [4.78, 5) is 12.4. The molecule has 120 valence electrons. The SMILES string of the molecule is COc1ccc(OC)c(NC(=O)C2CC2c2ccc(F)cc2)c1. The molecule has 1 N–H and O–H groups in total. The number of methoxy groups -OCH3 is 2. The Bertz CT molecular complexity index is 715. The zero-order chi connectivity index (χ0) is 16.4. The molecular formula is C18H18FNO3. The number of hydrogen-bond acceptors (Lipinski definition) is 3. The zero-order valence-electron chi connectivity index (χ0n) is 13.0. The summed E-state index contributed by atoms with van der Waals surface area (Å²) in [5, 5.41) is 2.89. The zero-order valence-corrected chi connectivity index (χ0v) is 13.0. The minimum absolute atomic E-state index is 0.0640. The number of rotatable bonds is 5. The summed E-state index contributed by atoms with van der Waals surface area (Å²) >= 11 is 0. The van der Waals surface area contributed by atoms with Crippen molar-refractivity contribution >= 4 is 11.6 Å². The van der Waals surface area contributed by atoms with Crippen LogP contribution in [0.25, 0.3) is 0 Å². The molecule has 23 heavy (non-hydrogen) atoms. The molecule has 0 heterocycles. The minimum Gasteiger partial charge on any atom is -0.497 e. The molecule has 2 aromatic rings. The molecule has 0 aliphatic heterocycles. The van der Waals surface area contributed by atoms with Gasteiger partial charge in [0.05, 0.1) is 19.9 Å². The maximum atomic E-state index is 13.0. The average molecular weight is 315 g/mol. The van der Waals surface area contributed by atoms with Crippen LogP contribution < -0.4 is 14.8 Å². The fourth-order valence-electron chi connectivity index (χ4n) is 2.70. The Morgan fingerprint density at radius 3 is 2.52 bits per heavy atom. The van der Waals surface area contributed by atoms with Gasteiger partial charge in [-0.25, -0.2) is 4.39 Å². The quantitative estimate of drug-likeness (QED) is 0.917. The van der Waals surface area contributed by atoms with Gasteiger partial charge in [-0.15, -0.1) is 0 Å². The predicted octanol–water partition coefficient (Wildman–Crippen LogP) is 3.59. The van der Waals surface area contributed by atoms with E-state index in [1.165, 1.54) is 12.1 Å². The first kappa shape index (κ1) is 15.3. The van der Waals surface area contributed by atoms with Crippen molar-refractivity contribution in [1.82, 2.24) is 0 Å². The highest BCUT2D eigenvalue weighted by Crippen LogP contribution is 2.48. The first-order valence-electron chi connectivity index (χ1n) is 7.40. The Morgan fingerprint density at radius 2 is 1.87 bits per heavy atom. The smallest absolute Gasteiger partial charge is 0.228 e. The van der Waals surface area contributed by atoms with Crippen molar-refractivity contribution in [2.75, 3.05) is 19.5 Å². The molecule has 2 unspecified atom stereocenters. The monoisotopic (exact) mass is 315 g/mol. The van der Waals surface area contributed by atoms with Crippen LogP contribution in [0.4, 0.5) is 10.1 Å². The van der Waals surface area contributed by atoms with E-state index in [9.17, 15) is 9.18 Å². The van der Waals surface area contributed by atoms with E-state index in [4.69, 9.17) is 9.47 Å². The van der Waals surface area contributed by atoms with Crippen LogP contribution in [-0.4, -0.2) is 20.1 Å². The fourth-order valence-corrected chi connectivity index (χ4v) is 2.70. The van der Waals surface area contributed by atoms with Gasteiger partial charge in [0, 0.05) is 12.0 Å². The lowest BCUT2D eigenvalue weighted by atomic mass is 10.1. The van der Waals surface area contributed by atoms with Crippen molar-refractivity contribution in [3.05, 3.63) is 53.8 Å². The summed E-state index contributed by atoms with van der Waals surface area (Å²) in [6.45, 7) is 0. The Labute approximate surface area is 134 Å². The van der Waals surface area contributed by atoms with Crippen molar-refractivity contribution in [2.24, 2.45) is 5.92 Å².